The molecule has 0 saturated heterocycles. The molecular formula is C17H19ClO. The molecule has 0 N–H and O–H groups in total. The Kier molecular flexibility index (Phi) is 4.16. The molecule has 0 atom stereocenters. The van der Waals surface area contributed by atoms with Crippen molar-refractivity contribution in [3.05, 3.63) is 59.7 Å². The topological polar surface area (TPSA) is 9.23 Å². The van der Waals surface area contributed by atoms with Crippen molar-refractivity contribution in [2.45, 2.75) is 32.1 Å². The average Bonchev–Trinajstić information content (AvgIpc) is 2.39. The van der Waals surface area contributed by atoms with Gasteiger partial charge in [0.15, 0.2) is 0 Å². The Hall–Kier alpha value is -1.47. The summed E-state index contributed by atoms with van der Waals surface area (Å²) in [6.07, 6.45) is 0. The highest BCUT2D eigenvalue weighted by molar-refractivity contribution is 6.17. The van der Waals surface area contributed by atoms with Gasteiger partial charge < -0.3 is 4.74 Å². The number of ether oxygens (including phenoxy) is 1. The Labute approximate surface area is 120 Å². The minimum atomic E-state index is 0.167. The third-order valence-corrected chi connectivity index (χ3v) is 3.34. The standard InChI is InChI=1S/C17H19ClO/c1-17(2,3)14-6-10-16(11-7-14)19-15-8-4-13(12-18)5-9-15/h4-11H,12H2,1-3H3. The van der Waals surface area contributed by atoms with Crippen molar-refractivity contribution in [1.29, 1.82) is 0 Å². The minimum Gasteiger partial charge on any atom is -0.457 e. The van der Waals surface area contributed by atoms with Crippen LogP contribution in [0.2, 0.25) is 0 Å². The van der Waals surface area contributed by atoms with Gasteiger partial charge in [-0.15, -0.1) is 11.6 Å². The molecule has 0 bridgehead atoms. The second-order valence-electron chi connectivity index (χ2n) is 5.65. The lowest BCUT2D eigenvalue weighted by Gasteiger charge is -2.19. The quantitative estimate of drug-likeness (QED) is 0.670. The Balaban J connectivity index is 2.10. The normalized spacial score (nSPS) is 11.4. The van der Waals surface area contributed by atoms with Crippen LogP contribution in [0.15, 0.2) is 48.5 Å². The molecular weight excluding hydrogens is 256 g/mol. The number of benzene rings is 2. The Morgan fingerprint density at radius 1 is 0.842 bits per heavy atom. The SMILES string of the molecule is CC(C)(C)c1ccc(Oc2ccc(CCl)cc2)cc1. The summed E-state index contributed by atoms with van der Waals surface area (Å²) in [5, 5.41) is 0. The van der Waals surface area contributed by atoms with E-state index in [1.807, 2.05) is 36.4 Å². The van der Waals surface area contributed by atoms with Gasteiger partial charge in [0, 0.05) is 5.88 Å². The molecule has 0 saturated carbocycles. The van der Waals surface area contributed by atoms with E-state index in [2.05, 4.69) is 32.9 Å². The molecule has 2 aromatic rings. The van der Waals surface area contributed by atoms with Crippen molar-refractivity contribution in [2.24, 2.45) is 0 Å². The van der Waals surface area contributed by atoms with Crippen LogP contribution < -0.4 is 4.74 Å². The molecule has 2 rings (SSSR count). The van der Waals surface area contributed by atoms with E-state index in [0.29, 0.717) is 5.88 Å². The van der Waals surface area contributed by atoms with E-state index < -0.39 is 0 Å². The first-order valence-electron chi connectivity index (χ1n) is 6.42. The van der Waals surface area contributed by atoms with E-state index >= 15 is 0 Å². The minimum absolute atomic E-state index is 0.167. The van der Waals surface area contributed by atoms with Crippen LogP contribution in [0.25, 0.3) is 0 Å². The molecule has 0 aliphatic rings. The second kappa shape index (κ2) is 5.66. The Bertz CT molecular complexity index is 521. The molecule has 0 amide bonds. The van der Waals surface area contributed by atoms with Gasteiger partial charge >= 0.3 is 0 Å². The highest BCUT2D eigenvalue weighted by atomic mass is 35.5. The molecule has 0 aromatic heterocycles. The molecule has 1 nitrogen and oxygen atoms in total. The van der Waals surface area contributed by atoms with Gasteiger partial charge in [-0.25, -0.2) is 0 Å². The van der Waals surface area contributed by atoms with E-state index in [9.17, 15) is 0 Å². The lowest BCUT2D eigenvalue weighted by Crippen LogP contribution is -2.10. The van der Waals surface area contributed by atoms with E-state index in [4.69, 9.17) is 16.3 Å². The zero-order valence-corrected chi connectivity index (χ0v) is 12.4. The van der Waals surface area contributed by atoms with Crippen molar-refractivity contribution < 1.29 is 4.74 Å². The third-order valence-electron chi connectivity index (χ3n) is 3.03. The predicted octanol–water partition coefficient (Wildman–Crippen LogP) is 5.52. The van der Waals surface area contributed by atoms with Crippen LogP contribution in [0.1, 0.15) is 31.9 Å². The Morgan fingerprint density at radius 3 is 1.74 bits per heavy atom. The van der Waals surface area contributed by atoms with E-state index in [0.717, 1.165) is 17.1 Å². The molecule has 0 spiro atoms. The highest BCUT2D eigenvalue weighted by Crippen LogP contribution is 2.27. The zero-order chi connectivity index (χ0) is 13.9. The summed E-state index contributed by atoms with van der Waals surface area (Å²) < 4.78 is 5.80. The molecule has 0 aliphatic carbocycles. The van der Waals surface area contributed by atoms with Gasteiger partial charge in [0.2, 0.25) is 0 Å². The third kappa shape index (κ3) is 3.74. The second-order valence-corrected chi connectivity index (χ2v) is 5.92. The molecule has 0 unspecified atom stereocenters. The van der Waals surface area contributed by atoms with Gasteiger partial charge in [-0.2, -0.15) is 0 Å². The summed E-state index contributed by atoms with van der Waals surface area (Å²) in [5.74, 6) is 2.21. The van der Waals surface area contributed by atoms with Crippen LogP contribution >= 0.6 is 11.6 Å². The van der Waals surface area contributed by atoms with Crippen molar-refractivity contribution in [2.75, 3.05) is 0 Å². The van der Waals surface area contributed by atoms with Crippen LogP contribution in [-0.2, 0) is 11.3 Å². The number of hydrogen-bond donors (Lipinski definition) is 0. The molecule has 0 aliphatic heterocycles. The van der Waals surface area contributed by atoms with Crippen LogP contribution in [0, 0.1) is 0 Å². The maximum Gasteiger partial charge on any atom is 0.127 e. The summed E-state index contributed by atoms with van der Waals surface area (Å²) in [5.41, 5.74) is 2.56. The molecule has 100 valence electrons. The lowest BCUT2D eigenvalue weighted by atomic mass is 9.87. The molecule has 2 aromatic carbocycles. The van der Waals surface area contributed by atoms with Crippen LogP contribution in [0.5, 0.6) is 11.5 Å². The first-order chi connectivity index (χ1) is 8.99. The lowest BCUT2D eigenvalue weighted by molar-refractivity contribution is 0.481. The maximum absolute atomic E-state index is 5.80. The van der Waals surface area contributed by atoms with Crippen LogP contribution in [0.4, 0.5) is 0 Å². The van der Waals surface area contributed by atoms with Gasteiger partial charge in [-0.1, -0.05) is 45.0 Å². The van der Waals surface area contributed by atoms with Gasteiger partial charge in [0.05, 0.1) is 0 Å². The smallest absolute Gasteiger partial charge is 0.127 e. The number of halogens is 1. The predicted molar refractivity (Wildman–Crippen MR) is 81.2 cm³/mol. The van der Waals surface area contributed by atoms with Crippen LogP contribution in [0.3, 0.4) is 0 Å². The van der Waals surface area contributed by atoms with E-state index in [1.165, 1.54) is 5.56 Å². The van der Waals surface area contributed by atoms with Crippen molar-refractivity contribution in [3.63, 3.8) is 0 Å². The fraction of sp³-hybridized carbons (Fsp3) is 0.294. The number of alkyl halides is 1. The molecule has 0 fully saturated rings. The van der Waals surface area contributed by atoms with Gasteiger partial charge in [-0.3, -0.25) is 0 Å². The molecule has 2 heteroatoms. The monoisotopic (exact) mass is 274 g/mol. The fourth-order valence-electron chi connectivity index (χ4n) is 1.81. The zero-order valence-electron chi connectivity index (χ0n) is 11.6. The summed E-state index contributed by atoms with van der Waals surface area (Å²) in [6, 6.07) is 16.1. The summed E-state index contributed by atoms with van der Waals surface area (Å²) in [4.78, 5) is 0. The molecule has 0 radical (unpaired) electrons. The maximum atomic E-state index is 5.80. The number of rotatable bonds is 3. The Morgan fingerprint density at radius 2 is 1.32 bits per heavy atom. The summed E-state index contributed by atoms with van der Waals surface area (Å²) >= 11 is 5.76. The fourth-order valence-corrected chi connectivity index (χ4v) is 1.98. The van der Waals surface area contributed by atoms with Gasteiger partial charge in [0.25, 0.3) is 0 Å². The largest absolute Gasteiger partial charge is 0.457 e. The summed E-state index contributed by atoms with van der Waals surface area (Å²) in [7, 11) is 0. The highest BCUT2D eigenvalue weighted by Gasteiger charge is 2.12. The first-order valence-corrected chi connectivity index (χ1v) is 6.96. The molecule has 19 heavy (non-hydrogen) atoms. The molecule has 0 heterocycles. The van der Waals surface area contributed by atoms with E-state index in [1.54, 1.807) is 0 Å². The van der Waals surface area contributed by atoms with Crippen molar-refractivity contribution >= 4 is 11.6 Å². The summed E-state index contributed by atoms with van der Waals surface area (Å²) in [6.45, 7) is 6.61. The van der Waals surface area contributed by atoms with Gasteiger partial charge in [0.1, 0.15) is 11.5 Å². The van der Waals surface area contributed by atoms with E-state index in [-0.39, 0.29) is 5.41 Å². The number of hydrogen-bond acceptors (Lipinski definition) is 1. The first kappa shape index (κ1) is 14.0. The average molecular weight is 275 g/mol. The van der Waals surface area contributed by atoms with Gasteiger partial charge in [-0.05, 0) is 40.8 Å². The van der Waals surface area contributed by atoms with Crippen molar-refractivity contribution in [3.8, 4) is 11.5 Å². The van der Waals surface area contributed by atoms with Crippen LogP contribution in [-0.4, -0.2) is 0 Å². The van der Waals surface area contributed by atoms with Crippen molar-refractivity contribution in [1.82, 2.24) is 0 Å².